The smallest absolute Gasteiger partial charge is 0.175 e. The molecular formula is C10H13BrO3S. The highest BCUT2D eigenvalue weighted by atomic mass is 79.9. The summed E-state index contributed by atoms with van der Waals surface area (Å²) in [5, 5.41) is 9.87. The van der Waals surface area contributed by atoms with E-state index in [1.165, 1.54) is 6.07 Å². The number of hydrogen-bond acceptors (Lipinski definition) is 3. The molecule has 0 aromatic heterocycles. The molecule has 0 aliphatic carbocycles. The van der Waals surface area contributed by atoms with Crippen LogP contribution in [0.25, 0.3) is 0 Å². The number of hydrogen-bond donors (Lipinski definition) is 1. The van der Waals surface area contributed by atoms with Crippen molar-refractivity contribution >= 4 is 25.8 Å². The van der Waals surface area contributed by atoms with E-state index in [0.717, 1.165) is 10.7 Å². The molecule has 0 heterocycles. The Labute approximate surface area is 98.2 Å². The molecule has 1 aromatic carbocycles. The average molecular weight is 293 g/mol. The van der Waals surface area contributed by atoms with Crippen LogP contribution in [0.4, 0.5) is 0 Å². The summed E-state index contributed by atoms with van der Waals surface area (Å²) < 4.78 is 23.7. The zero-order valence-corrected chi connectivity index (χ0v) is 11.2. The van der Waals surface area contributed by atoms with Crippen LogP contribution in [0.1, 0.15) is 19.4 Å². The summed E-state index contributed by atoms with van der Waals surface area (Å²) >= 11 is 3.25. The first-order chi connectivity index (χ1) is 6.62. The van der Waals surface area contributed by atoms with E-state index < -0.39 is 15.4 Å². The zero-order chi connectivity index (χ0) is 11.9. The Morgan fingerprint density at radius 2 is 1.87 bits per heavy atom. The van der Waals surface area contributed by atoms with E-state index in [1.54, 1.807) is 26.0 Å². The molecule has 0 atom stereocenters. The Bertz CT molecular complexity index is 472. The van der Waals surface area contributed by atoms with E-state index in [1.807, 2.05) is 0 Å². The highest BCUT2D eigenvalue weighted by Crippen LogP contribution is 2.29. The molecule has 0 aliphatic rings. The normalized spacial score (nSPS) is 12.9. The van der Waals surface area contributed by atoms with Gasteiger partial charge in [-0.05, 0) is 32.0 Å². The van der Waals surface area contributed by atoms with Crippen molar-refractivity contribution in [1.29, 1.82) is 0 Å². The van der Waals surface area contributed by atoms with E-state index in [9.17, 15) is 13.5 Å². The zero-order valence-electron chi connectivity index (χ0n) is 8.78. The molecule has 0 bridgehead atoms. The number of rotatable bonds is 2. The molecule has 1 rings (SSSR count). The molecular weight excluding hydrogens is 280 g/mol. The fraction of sp³-hybridized carbons (Fsp3) is 0.400. The highest BCUT2D eigenvalue weighted by molar-refractivity contribution is 9.10. The van der Waals surface area contributed by atoms with Crippen LogP contribution in [0.2, 0.25) is 0 Å². The largest absolute Gasteiger partial charge is 0.386 e. The summed E-state index contributed by atoms with van der Waals surface area (Å²) in [6.07, 6.45) is 1.13. The van der Waals surface area contributed by atoms with Gasteiger partial charge in [-0.15, -0.1) is 0 Å². The summed E-state index contributed by atoms with van der Waals surface area (Å²) in [4.78, 5) is 0.165. The minimum atomic E-state index is -3.31. The Hall–Kier alpha value is -0.390. The van der Waals surface area contributed by atoms with Gasteiger partial charge in [-0.2, -0.15) is 0 Å². The first-order valence-corrected chi connectivity index (χ1v) is 7.03. The quantitative estimate of drug-likeness (QED) is 0.908. The van der Waals surface area contributed by atoms with Crippen molar-refractivity contribution in [3.05, 3.63) is 28.2 Å². The van der Waals surface area contributed by atoms with Gasteiger partial charge in [0.25, 0.3) is 0 Å². The third-order valence-corrected chi connectivity index (χ3v) is 3.65. The highest BCUT2D eigenvalue weighted by Gasteiger charge is 2.24. The third-order valence-electron chi connectivity index (χ3n) is 2.00. The summed E-state index contributed by atoms with van der Waals surface area (Å²) in [5.41, 5.74) is -0.776. The van der Waals surface area contributed by atoms with Crippen molar-refractivity contribution in [1.82, 2.24) is 0 Å². The van der Waals surface area contributed by atoms with Gasteiger partial charge in [0.1, 0.15) is 0 Å². The maximum absolute atomic E-state index is 11.5. The van der Waals surface area contributed by atoms with Gasteiger partial charge in [-0.3, -0.25) is 0 Å². The monoisotopic (exact) mass is 292 g/mol. The van der Waals surface area contributed by atoms with E-state index in [-0.39, 0.29) is 4.90 Å². The van der Waals surface area contributed by atoms with Crippen LogP contribution in [-0.2, 0) is 15.4 Å². The number of sulfone groups is 1. The second kappa shape index (κ2) is 3.88. The maximum atomic E-state index is 11.5. The molecule has 0 amide bonds. The maximum Gasteiger partial charge on any atom is 0.175 e. The average Bonchev–Trinajstić information content (AvgIpc) is 2.00. The summed E-state index contributed by atoms with van der Waals surface area (Å²) in [7, 11) is -3.31. The summed E-state index contributed by atoms with van der Waals surface area (Å²) in [6.45, 7) is 3.12. The standard InChI is InChI=1S/C10H13BrO3S/c1-10(2,12)8-6-7(11)4-5-9(8)15(3,13)14/h4-6,12H,1-3H3. The number of benzene rings is 1. The molecule has 0 saturated carbocycles. The van der Waals surface area contributed by atoms with Crippen LogP contribution in [-0.4, -0.2) is 19.8 Å². The first-order valence-electron chi connectivity index (χ1n) is 4.35. The van der Waals surface area contributed by atoms with Crippen molar-refractivity contribution in [2.24, 2.45) is 0 Å². The van der Waals surface area contributed by atoms with Gasteiger partial charge in [-0.25, -0.2) is 8.42 Å². The van der Waals surface area contributed by atoms with Crippen LogP contribution in [0.15, 0.2) is 27.6 Å². The molecule has 84 valence electrons. The van der Waals surface area contributed by atoms with Crippen LogP contribution >= 0.6 is 15.9 Å². The first kappa shape index (κ1) is 12.7. The molecule has 5 heteroatoms. The van der Waals surface area contributed by atoms with E-state index in [0.29, 0.717) is 5.56 Å². The van der Waals surface area contributed by atoms with Crippen molar-refractivity contribution in [3.63, 3.8) is 0 Å². The van der Waals surface area contributed by atoms with Crippen molar-refractivity contribution in [3.8, 4) is 0 Å². The Morgan fingerprint density at radius 1 is 1.33 bits per heavy atom. The molecule has 1 aromatic rings. The van der Waals surface area contributed by atoms with Crippen molar-refractivity contribution in [2.45, 2.75) is 24.3 Å². The predicted octanol–water partition coefficient (Wildman–Crippen LogP) is 2.08. The molecule has 15 heavy (non-hydrogen) atoms. The SMILES string of the molecule is CC(C)(O)c1cc(Br)ccc1S(C)(=O)=O. The van der Waals surface area contributed by atoms with E-state index in [4.69, 9.17) is 0 Å². The van der Waals surface area contributed by atoms with Gasteiger partial charge in [0.2, 0.25) is 0 Å². The minimum absolute atomic E-state index is 0.165. The molecule has 0 aliphatic heterocycles. The van der Waals surface area contributed by atoms with Gasteiger partial charge in [0.15, 0.2) is 9.84 Å². The van der Waals surface area contributed by atoms with Crippen molar-refractivity contribution < 1.29 is 13.5 Å². The van der Waals surface area contributed by atoms with Crippen molar-refractivity contribution in [2.75, 3.05) is 6.26 Å². The molecule has 0 saturated heterocycles. The van der Waals surface area contributed by atoms with Crippen LogP contribution in [0.3, 0.4) is 0 Å². The van der Waals surface area contributed by atoms with Gasteiger partial charge in [0, 0.05) is 16.3 Å². The molecule has 0 unspecified atom stereocenters. The minimum Gasteiger partial charge on any atom is -0.386 e. The lowest BCUT2D eigenvalue weighted by Gasteiger charge is -2.21. The van der Waals surface area contributed by atoms with E-state index >= 15 is 0 Å². The molecule has 0 spiro atoms. The molecule has 3 nitrogen and oxygen atoms in total. The Morgan fingerprint density at radius 3 is 2.27 bits per heavy atom. The number of aliphatic hydroxyl groups is 1. The molecule has 0 radical (unpaired) electrons. The van der Waals surface area contributed by atoms with Crippen LogP contribution in [0.5, 0.6) is 0 Å². The Kier molecular flexibility index (Phi) is 3.28. The lowest BCUT2D eigenvalue weighted by molar-refractivity contribution is 0.0755. The number of halogens is 1. The van der Waals surface area contributed by atoms with E-state index in [2.05, 4.69) is 15.9 Å². The fourth-order valence-electron chi connectivity index (χ4n) is 1.30. The second-order valence-electron chi connectivity index (χ2n) is 3.97. The van der Waals surface area contributed by atoms with Crippen LogP contribution < -0.4 is 0 Å². The molecule has 0 fully saturated rings. The Balaban J connectivity index is 3.55. The topological polar surface area (TPSA) is 54.4 Å². The summed E-state index contributed by atoms with van der Waals surface area (Å²) in [6, 6.07) is 4.76. The molecule has 1 N–H and O–H groups in total. The summed E-state index contributed by atoms with van der Waals surface area (Å²) in [5.74, 6) is 0. The fourth-order valence-corrected chi connectivity index (χ4v) is 2.69. The van der Waals surface area contributed by atoms with Gasteiger partial charge in [0.05, 0.1) is 10.5 Å². The predicted molar refractivity (Wildman–Crippen MR) is 62.5 cm³/mol. The van der Waals surface area contributed by atoms with Gasteiger partial charge < -0.3 is 5.11 Å². The van der Waals surface area contributed by atoms with Gasteiger partial charge >= 0.3 is 0 Å². The third kappa shape index (κ3) is 3.03. The lowest BCUT2D eigenvalue weighted by Crippen LogP contribution is -2.19. The second-order valence-corrected chi connectivity index (χ2v) is 6.87. The van der Waals surface area contributed by atoms with Gasteiger partial charge in [-0.1, -0.05) is 15.9 Å². The lowest BCUT2D eigenvalue weighted by atomic mass is 9.99. The van der Waals surface area contributed by atoms with Crippen LogP contribution in [0, 0.1) is 0 Å².